The summed E-state index contributed by atoms with van der Waals surface area (Å²) in [5.41, 5.74) is 1.11. The van der Waals surface area contributed by atoms with E-state index in [2.05, 4.69) is 5.32 Å². The van der Waals surface area contributed by atoms with E-state index < -0.39 is 35.4 Å². The minimum Gasteiger partial charge on any atom is -0.489 e. The zero-order valence-electron chi connectivity index (χ0n) is 22.3. The summed E-state index contributed by atoms with van der Waals surface area (Å²) < 4.78 is 24.9. The number of imide groups is 1. The predicted octanol–water partition coefficient (Wildman–Crippen LogP) is 7.34. The van der Waals surface area contributed by atoms with Crippen LogP contribution in [0.15, 0.2) is 65.6 Å². The third-order valence-electron chi connectivity index (χ3n) is 5.98. The van der Waals surface area contributed by atoms with Gasteiger partial charge in [0.05, 0.1) is 27.1 Å². The number of benzene rings is 3. The summed E-state index contributed by atoms with van der Waals surface area (Å²) in [6, 6.07) is 15.3. The molecule has 0 unspecified atom stereocenters. The number of hydrogen-bond acceptors (Lipinski definition) is 7. The summed E-state index contributed by atoms with van der Waals surface area (Å²) in [6.45, 7) is 1.57. The van der Waals surface area contributed by atoms with Crippen molar-refractivity contribution in [3.63, 3.8) is 0 Å². The van der Waals surface area contributed by atoms with Gasteiger partial charge in [0.15, 0.2) is 0 Å². The third-order valence-corrected chi connectivity index (χ3v) is 7.57. The molecule has 1 aliphatic heterocycles. The molecular weight excluding hydrogens is 606 g/mol. The molecule has 4 rings (SSSR count). The van der Waals surface area contributed by atoms with E-state index in [0.29, 0.717) is 29.5 Å². The maximum atomic E-state index is 14.0. The Hall–Kier alpha value is -3.86. The number of hydrogen-bond donors (Lipinski definition) is 1. The van der Waals surface area contributed by atoms with Crippen molar-refractivity contribution >= 4 is 69.8 Å². The van der Waals surface area contributed by atoms with Crippen LogP contribution in [0.1, 0.15) is 41.3 Å². The highest BCUT2D eigenvalue weighted by Gasteiger charge is 2.36. The molecule has 0 aliphatic carbocycles. The summed E-state index contributed by atoms with van der Waals surface area (Å²) >= 11 is 12.9. The molecule has 1 N–H and O–H groups in total. The zero-order chi connectivity index (χ0) is 30.2. The first-order valence-electron chi connectivity index (χ1n) is 12.8. The Morgan fingerprint density at radius 2 is 1.83 bits per heavy atom. The van der Waals surface area contributed by atoms with Gasteiger partial charge in [-0.2, -0.15) is 0 Å². The number of rotatable bonds is 11. The summed E-state index contributed by atoms with van der Waals surface area (Å²) in [4.78, 5) is 51.5. The maximum absolute atomic E-state index is 14.0. The van der Waals surface area contributed by atoms with Crippen molar-refractivity contribution in [2.75, 3.05) is 18.5 Å². The molecule has 12 heteroatoms. The van der Waals surface area contributed by atoms with Gasteiger partial charge in [-0.3, -0.25) is 19.3 Å². The Bertz CT molecular complexity index is 1540. The number of anilines is 1. The average Bonchev–Trinajstić information content (AvgIpc) is 3.21. The van der Waals surface area contributed by atoms with E-state index in [1.54, 1.807) is 30.3 Å². The van der Waals surface area contributed by atoms with Gasteiger partial charge in [0.2, 0.25) is 5.91 Å². The molecule has 1 aliphatic rings. The molecular formula is C30H25Cl2FN2O6S. The van der Waals surface area contributed by atoms with Crippen LogP contribution in [0.3, 0.4) is 0 Å². The molecule has 0 saturated carbocycles. The van der Waals surface area contributed by atoms with Crippen molar-refractivity contribution in [3.05, 3.63) is 98.1 Å². The van der Waals surface area contributed by atoms with Crippen molar-refractivity contribution < 1.29 is 33.0 Å². The smallest absolute Gasteiger partial charge is 0.339 e. The highest BCUT2D eigenvalue weighted by atomic mass is 35.5. The predicted molar refractivity (Wildman–Crippen MR) is 160 cm³/mol. The Morgan fingerprint density at radius 3 is 2.60 bits per heavy atom. The lowest BCUT2D eigenvalue weighted by atomic mass is 10.2. The number of thioether (sulfide) groups is 1. The Balaban J connectivity index is 1.39. The van der Waals surface area contributed by atoms with Gasteiger partial charge >= 0.3 is 5.97 Å². The van der Waals surface area contributed by atoms with Crippen LogP contribution in [-0.2, 0) is 20.9 Å². The second kappa shape index (κ2) is 14.4. The molecule has 0 aromatic heterocycles. The minimum absolute atomic E-state index is 0.0860. The number of carbonyl (C=O) groups excluding carboxylic acids is 4. The first-order valence-corrected chi connectivity index (χ1v) is 14.4. The summed E-state index contributed by atoms with van der Waals surface area (Å²) in [5.74, 6) is -1.99. The van der Waals surface area contributed by atoms with E-state index in [0.717, 1.165) is 11.3 Å². The number of nitrogens with one attached hydrogen (secondary N) is 1. The molecule has 42 heavy (non-hydrogen) atoms. The van der Waals surface area contributed by atoms with Gasteiger partial charge in [0.1, 0.15) is 24.7 Å². The van der Waals surface area contributed by atoms with Crippen molar-refractivity contribution in [2.24, 2.45) is 0 Å². The number of amides is 3. The van der Waals surface area contributed by atoms with Crippen molar-refractivity contribution in [1.82, 2.24) is 4.90 Å². The summed E-state index contributed by atoms with van der Waals surface area (Å²) in [7, 11) is 0. The number of carbonyl (C=O) groups is 4. The Kier molecular flexibility index (Phi) is 10.6. The van der Waals surface area contributed by atoms with Crippen molar-refractivity contribution in [2.45, 2.75) is 26.4 Å². The lowest BCUT2D eigenvalue weighted by Gasteiger charge is -2.13. The van der Waals surface area contributed by atoms with Crippen LogP contribution in [0.25, 0.3) is 6.08 Å². The Morgan fingerprint density at radius 1 is 1.05 bits per heavy atom. The lowest BCUT2D eigenvalue weighted by Crippen LogP contribution is -2.36. The number of halogens is 3. The largest absolute Gasteiger partial charge is 0.489 e. The average molecular weight is 632 g/mol. The fourth-order valence-electron chi connectivity index (χ4n) is 3.80. The summed E-state index contributed by atoms with van der Waals surface area (Å²) in [5, 5.41) is 2.37. The Labute approximate surface area is 255 Å². The molecule has 8 nitrogen and oxygen atoms in total. The molecule has 0 atom stereocenters. The number of nitrogens with zero attached hydrogens (tertiary/aromatic N) is 1. The van der Waals surface area contributed by atoms with Crippen LogP contribution in [0.5, 0.6) is 5.75 Å². The highest BCUT2D eigenvalue weighted by Crippen LogP contribution is 2.33. The number of ether oxygens (including phenoxy) is 2. The first kappa shape index (κ1) is 31.1. The van der Waals surface area contributed by atoms with E-state index in [4.69, 9.17) is 32.7 Å². The van der Waals surface area contributed by atoms with E-state index in [1.807, 2.05) is 6.92 Å². The van der Waals surface area contributed by atoms with Crippen molar-refractivity contribution in [1.29, 1.82) is 0 Å². The minimum atomic E-state index is -0.645. The highest BCUT2D eigenvalue weighted by molar-refractivity contribution is 8.18. The lowest BCUT2D eigenvalue weighted by molar-refractivity contribution is -0.127. The summed E-state index contributed by atoms with van der Waals surface area (Å²) in [6.07, 6.45) is 3.06. The van der Waals surface area contributed by atoms with E-state index in [9.17, 15) is 23.6 Å². The van der Waals surface area contributed by atoms with Gasteiger partial charge < -0.3 is 14.8 Å². The fraction of sp³-hybridized carbons (Fsp3) is 0.200. The maximum Gasteiger partial charge on any atom is 0.339 e. The first-order chi connectivity index (χ1) is 20.2. The van der Waals surface area contributed by atoms with Gasteiger partial charge in [0.25, 0.3) is 11.1 Å². The quantitative estimate of drug-likeness (QED) is 0.134. The number of esters is 1. The topological polar surface area (TPSA) is 102 Å². The van der Waals surface area contributed by atoms with Gasteiger partial charge in [-0.25, -0.2) is 9.18 Å². The van der Waals surface area contributed by atoms with Gasteiger partial charge in [0, 0.05) is 11.3 Å². The van der Waals surface area contributed by atoms with Crippen molar-refractivity contribution in [3.8, 4) is 5.75 Å². The van der Waals surface area contributed by atoms with Crippen LogP contribution in [0, 0.1) is 5.82 Å². The van der Waals surface area contributed by atoms with Crippen LogP contribution < -0.4 is 10.1 Å². The standard InChI is InChI=1S/C30H25Cl2FN2O6S/c1-2-3-12-40-29(38)21-15-19(10-11-24(21)32)34-27(36)16-35-28(37)26(42-30(35)39)14-18-6-4-7-20(13-18)41-17-22-23(31)8-5-9-25(22)33/h4-11,13-15H,2-3,12,16-17H2,1H3,(H,34,36)/b26-14+. The number of unbranched alkanes of at least 4 members (excludes halogenated alkanes) is 1. The molecule has 218 valence electrons. The SMILES string of the molecule is CCCCOC(=O)c1cc(NC(=O)CN2C(=O)S/C(=C/c3cccc(OCc4c(F)cccc4Cl)c3)C2=O)ccc1Cl. The van der Waals surface area contributed by atoms with Crippen LogP contribution in [-0.4, -0.2) is 41.1 Å². The molecule has 0 spiro atoms. The molecule has 1 heterocycles. The monoisotopic (exact) mass is 630 g/mol. The van der Waals surface area contributed by atoms with Crippen LogP contribution in [0.2, 0.25) is 10.0 Å². The van der Waals surface area contributed by atoms with Crippen LogP contribution >= 0.6 is 35.0 Å². The van der Waals surface area contributed by atoms with E-state index >= 15 is 0 Å². The van der Waals surface area contributed by atoms with Crippen LogP contribution in [0.4, 0.5) is 14.9 Å². The fourth-order valence-corrected chi connectivity index (χ4v) is 5.05. The van der Waals surface area contributed by atoms with E-state index in [-0.39, 0.29) is 45.0 Å². The third kappa shape index (κ3) is 7.90. The normalized spacial score (nSPS) is 13.9. The molecule has 1 fully saturated rings. The van der Waals surface area contributed by atoms with Gasteiger partial charge in [-0.05, 0) is 72.3 Å². The molecule has 3 aromatic rings. The second-order valence-electron chi connectivity index (χ2n) is 9.06. The zero-order valence-corrected chi connectivity index (χ0v) is 24.7. The van der Waals surface area contributed by atoms with Gasteiger partial charge in [-0.1, -0.05) is 54.7 Å². The second-order valence-corrected chi connectivity index (χ2v) is 10.9. The molecule has 1 saturated heterocycles. The van der Waals surface area contributed by atoms with E-state index in [1.165, 1.54) is 36.4 Å². The molecule has 3 aromatic carbocycles. The molecule has 0 bridgehead atoms. The van der Waals surface area contributed by atoms with Gasteiger partial charge in [-0.15, -0.1) is 0 Å². The molecule has 3 amide bonds. The molecule has 0 radical (unpaired) electrons.